The zero-order valence-corrected chi connectivity index (χ0v) is 15.5. The Kier molecular flexibility index (Phi) is 4.48. The monoisotopic (exact) mass is 370 g/mol. The highest BCUT2D eigenvalue weighted by molar-refractivity contribution is 8.01. The van der Waals surface area contributed by atoms with E-state index in [-0.39, 0.29) is 22.7 Å². The number of amides is 2. The number of benzene rings is 1. The summed E-state index contributed by atoms with van der Waals surface area (Å²) >= 11 is 1.72. The first-order valence-corrected chi connectivity index (χ1v) is 9.88. The molecule has 0 saturated carbocycles. The van der Waals surface area contributed by atoms with Crippen LogP contribution in [-0.2, 0) is 16.0 Å². The third kappa shape index (κ3) is 3.11. The summed E-state index contributed by atoms with van der Waals surface area (Å²) in [5.74, 6) is 0.753. The Morgan fingerprint density at radius 2 is 2.19 bits per heavy atom. The average molecular weight is 370 g/mol. The smallest absolute Gasteiger partial charge is 0.243 e. The molecule has 2 aromatic rings. The third-order valence-corrected chi connectivity index (χ3v) is 6.67. The number of aromatic nitrogens is 2. The van der Waals surface area contributed by atoms with Crippen molar-refractivity contribution in [3.8, 4) is 5.69 Å². The maximum absolute atomic E-state index is 12.5. The van der Waals surface area contributed by atoms with Crippen LogP contribution in [0.25, 0.3) is 5.69 Å². The molecule has 2 aliphatic heterocycles. The summed E-state index contributed by atoms with van der Waals surface area (Å²) in [4.78, 5) is 26.3. The summed E-state index contributed by atoms with van der Waals surface area (Å²) in [6.07, 6.45) is 5.80. The van der Waals surface area contributed by atoms with Gasteiger partial charge in [-0.05, 0) is 43.5 Å². The highest BCUT2D eigenvalue weighted by atomic mass is 32.2. The van der Waals surface area contributed by atoms with E-state index in [0.717, 1.165) is 24.1 Å². The molecule has 1 aromatic heterocycles. The van der Waals surface area contributed by atoms with Crippen LogP contribution in [-0.4, -0.2) is 49.7 Å². The topological polar surface area (TPSA) is 67.2 Å². The highest BCUT2D eigenvalue weighted by Gasteiger charge is 2.52. The normalized spacial score (nSPS) is 24.7. The van der Waals surface area contributed by atoms with E-state index in [2.05, 4.69) is 29.5 Å². The van der Waals surface area contributed by atoms with Crippen LogP contribution < -0.4 is 5.32 Å². The summed E-state index contributed by atoms with van der Waals surface area (Å²) in [5, 5.41) is 7.21. The van der Waals surface area contributed by atoms with Crippen molar-refractivity contribution in [2.24, 2.45) is 0 Å². The van der Waals surface area contributed by atoms with Gasteiger partial charge in [-0.1, -0.05) is 12.1 Å². The molecule has 0 radical (unpaired) electrons. The van der Waals surface area contributed by atoms with E-state index < -0.39 is 0 Å². The van der Waals surface area contributed by atoms with Crippen LogP contribution in [0.2, 0.25) is 0 Å². The lowest BCUT2D eigenvalue weighted by Crippen LogP contribution is -2.50. The molecule has 2 fully saturated rings. The van der Waals surface area contributed by atoms with Gasteiger partial charge in [-0.3, -0.25) is 9.59 Å². The van der Waals surface area contributed by atoms with Gasteiger partial charge in [0.2, 0.25) is 11.8 Å². The Hall–Kier alpha value is -2.28. The van der Waals surface area contributed by atoms with Crippen molar-refractivity contribution in [2.45, 2.75) is 37.1 Å². The van der Waals surface area contributed by atoms with Crippen molar-refractivity contribution in [1.82, 2.24) is 20.0 Å². The van der Waals surface area contributed by atoms with E-state index in [1.54, 1.807) is 22.9 Å². The van der Waals surface area contributed by atoms with Gasteiger partial charge in [0.05, 0.1) is 10.6 Å². The van der Waals surface area contributed by atoms with Gasteiger partial charge in [-0.25, -0.2) is 4.68 Å². The van der Waals surface area contributed by atoms with Gasteiger partial charge >= 0.3 is 0 Å². The SMILES string of the molecule is CC12CCC(=O)N1C(C(=O)NCCc1ccc(-n3cccn3)cc1)CS2. The van der Waals surface area contributed by atoms with E-state index in [1.165, 1.54) is 0 Å². The molecule has 1 aromatic carbocycles. The second-order valence-electron chi connectivity index (χ2n) is 6.92. The number of nitrogens with zero attached hydrogens (tertiary/aromatic N) is 3. The van der Waals surface area contributed by atoms with Crippen LogP contribution in [0.15, 0.2) is 42.7 Å². The van der Waals surface area contributed by atoms with Crippen molar-refractivity contribution in [1.29, 1.82) is 0 Å². The molecule has 0 aliphatic carbocycles. The Morgan fingerprint density at radius 1 is 1.38 bits per heavy atom. The number of fused-ring (bicyclic) bond motifs is 1. The van der Waals surface area contributed by atoms with Gasteiger partial charge in [-0.15, -0.1) is 11.8 Å². The number of thioether (sulfide) groups is 1. The molecule has 2 saturated heterocycles. The molecular weight excluding hydrogens is 348 g/mol. The summed E-state index contributed by atoms with van der Waals surface area (Å²) in [5.41, 5.74) is 2.17. The second-order valence-corrected chi connectivity index (χ2v) is 8.43. The van der Waals surface area contributed by atoms with E-state index >= 15 is 0 Å². The molecule has 136 valence electrons. The Balaban J connectivity index is 1.31. The fourth-order valence-electron chi connectivity index (χ4n) is 3.70. The van der Waals surface area contributed by atoms with Gasteiger partial charge in [0, 0.05) is 31.1 Å². The van der Waals surface area contributed by atoms with E-state index in [9.17, 15) is 9.59 Å². The minimum absolute atomic E-state index is 0.0374. The van der Waals surface area contributed by atoms with Gasteiger partial charge < -0.3 is 10.2 Å². The van der Waals surface area contributed by atoms with E-state index in [4.69, 9.17) is 0 Å². The molecule has 1 N–H and O–H groups in total. The van der Waals surface area contributed by atoms with E-state index in [1.807, 2.05) is 29.1 Å². The van der Waals surface area contributed by atoms with Crippen molar-refractivity contribution >= 4 is 23.6 Å². The summed E-state index contributed by atoms with van der Waals surface area (Å²) in [6.45, 7) is 2.64. The van der Waals surface area contributed by atoms with Crippen LogP contribution in [0.1, 0.15) is 25.3 Å². The van der Waals surface area contributed by atoms with Gasteiger partial charge in [-0.2, -0.15) is 5.10 Å². The number of nitrogens with one attached hydrogen (secondary N) is 1. The predicted molar refractivity (Wildman–Crippen MR) is 101 cm³/mol. The second kappa shape index (κ2) is 6.79. The maximum Gasteiger partial charge on any atom is 0.243 e. The van der Waals surface area contributed by atoms with Crippen LogP contribution in [0.5, 0.6) is 0 Å². The lowest BCUT2D eigenvalue weighted by atomic mass is 10.1. The largest absolute Gasteiger partial charge is 0.354 e. The number of carbonyl (C=O) groups excluding carboxylic acids is 2. The Labute approximate surface area is 156 Å². The molecular formula is C19H22N4O2S. The number of rotatable bonds is 5. The molecule has 4 rings (SSSR count). The van der Waals surface area contributed by atoms with Crippen LogP contribution in [0, 0.1) is 0 Å². The highest BCUT2D eigenvalue weighted by Crippen LogP contribution is 2.47. The summed E-state index contributed by atoms with van der Waals surface area (Å²) in [7, 11) is 0. The number of carbonyl (C=O) groups is 2. The van der Waals surface area contributed by atoms with Gasteiger partial charge in [0.15, 0.2) is 0 Å². The first-order valence-electron chi connectivity index (χ1n) is 8.90. The molecule has 0 bridgehead atoms. The Bertz CT molecular complexity index is 805. The van der Waals surface area contributed by atoms with Gasteiger partial charge in [0.1, 0.15) is 6.04 Å². The number of hydrogen-bond donors (Lipinski definition) is 1. The lowest BCUT2D eigenvalue weighted by Gasteiger charge is -2.29. The predicted octanol–water partition coefficient (Wildman–Crippen LogP) is 1.98. The standard InChI is InChI=1S/C19H22N4O2S/c1-19-9-7-17(24)23(19)16(13-26-19)18(25)20-11-8-14-3-5-15(6-4-14)22-12-2-10-21-22/h2-6,10,12,16H,7-9,11,13H2,1H3,(H,20,25). The minimum Gasteiger partial charge on any atom is -0.354 e. The molecule has 2 atom stereocenters. The first kappa shape index (κ1) is 17.1. The molecule has 0 spiro atoms. The fourth-order valence-corrected chi connectivity index (χ4v) is 5.13. The number of hydrogen-bond acceptors (Lipinski definition) is 4. The molecule has 7 heteroatoms. The molecule has 2 amide bonds. The van der Waals surface area contributed by atoms with Gasteiger partial charge in [0.25, 0.3) is 0 Å². The van der Waals surface area contributed by atoms with Crippen LogP contribution >= 0.6 is 11.8 Å². The van der Waals surface area contributed by atoms with Crippen molar-refractivity contribution in [2.75, 3.05) is 12.3 Å². The van der Waals surface area contributed by atoms with Crippen molar-refractivity contribution in [3.05, 3.63) is 48.3 Å². The Morgan fingerprint density at radius 3 is 2.92 bits per heavy atom. The quantitative estimate of drug-likeness (QED) is 0.874. The molecule has 6 nitrogen and oxygen atoms in total. The molecule has 26 heavy (non-hydrogen) atoms. The maximum atomic E-state index is 12.5. The van der Waals surface area contributed by atoms with Crippen LogP contribution in [0.3, 0.4) is 0 Å². The first-order chi connectivity index (χ1) is 12.6. The fraction of sp³-hybridized carbons (Fsp3) is 0.421. The summed E-state index contributed by atoms with van der Waals surface area (Å²) < 4.78 is 1.81. The molecule has 2 aliphatic rings. The molecule has 3 heterocycles. The molecule has 2 unspecified atom stereocenters. The van der Waals surface area contributed by atoms with Crippen molar-refractivity contribution in [3.63, 3.8) is 0 Å². The third-order valence-electron chi connectivity index (χ3n) is 5.17. The van der Waals surface area contributed by atoms with E-state index in [0.29, 0.717) is 18.7 Å². The zero-order valence-electron chi connectivity index (χ0n) is 14.7. The zero-order chi connectivity index (χ0) is 18.1. The van der Waals surface area contributed by atoms with Crippen LogP contribution in [0.4, 0.5) is 0 Å². The van der Waals surface area contributed by atoms with Crippen molar-refractivity contribution < 1.29 is 9.59 Å². The lowest BCUT2D eigenvalue weighted by molar-refractivity contribution is -0.137. The summed E-state index contributed by atoms with van der Waals surface area (Å²) in [6, 6.07) is 9.70. The minimum atomic E-state index is -0.331. The average Bonchev–Trinajstić information content (AvgIpc) is 3.34.